The minimum atomic E-state index is -0.0372. The lowest BCUT2D eigenvalue weighted by Gasteiger charge is -2.12. The first-order valence-electron chi connectivity index (χ1n) is 5.46. The highest BCUT2D eigenvalue weighted by molar-refractivity contribution is 5.95. The van der Waals surface area contributed by atoms with Gasteiger partial charge in [-0.3, -0.25) is 9.89 Å². The number of aromatic amines is 1. The van der Waals surface area contributed by atoms with E-state index in [0.717, 1.165) is 25.0 Å². The smallest absolute Gasteiger partial charge is 0.254 e. The molecule has 1 rings (SSSR count). The molecule has 0 saturated carbocycles. The number of carbonyl (C=O) groups is 1. The molecular weight excluding hydrogens is 190 g/mol. The zero-order chi connectivity index (χ0) is 11.3. The van der Waals surface area contributed by atoms with Crippen molar-refractivity contribution in [1.82, 2.24) is 15.5 Å². The Bertz CT molecular complexity index is 319. The van der Waals surface area contributed by atoms with Crippen molar-refractivity contribution in [3.8, 4) is 0 Å². The topological polar surface area (TPSA) is 57.8 Å². The van der Waals surface area contributed by atoms with E-state index in [1.165, 1.54) is 0 Å². The average molecular weight is 209 g/mol. The van der Waals surface area contributed by atoms with E-state index < -0.39 is 0 Å². The molecular formula is C11H19N3O. The molecule has 0 aliphatic carbocycles. The van der Waals surface area contributed by atoms with Crippen molar-refractivity contribution < 1.29 is 4.79 Å². The standard InChI is InChI=1S/C11H19N3O/c1-4-5-6-8(2)13-11(15)10-7-12-14-9(10)3/h7-8H,4-6H2,1-3H3,(H,12,14)(H,13,15). The van der Waals surface area contributed by atoms with Gasteiger partial charge in [-0.15, -0.1) is 0 Å². The van der Waals surface area contributed by atoms with E-state index in [2.05, 4.69) is 22.4 Å². The van der Waals surface area contributed by atoms with E-state index in [1.807, 2.05) is 13.8 Å². The summed E-state index contributed by atoms with van der Waals surface area (Å²) in [5.74, 6) is -0.0372. The Hall–Kier alpha value is -1.32. The molecule has 2 N–H and O–H groups in total. The van der Waals surface area contributed by atoms with Crippen molar-refractivity contribution in [2.75, 3.05) is 0 Å². The van der Waals surface area contributed by atoms with Gasteiger partial charge in [0.15, 0.2) is 0 Å². The summed E-state index contributed by atoms with van der Waals surface area (Å²) >= 11 is 0. The summed E-state index contributed by atoms with van der Waals surface area (Å²) in [4.78, 5) is 11.7. The van der Waals surface area contributed by atoms with Crippen LogP contribution in [0.2, 0.25) is 0 Å². The first-order chi connectivity index (χ1) is 7.15. The van der Waals surface area contributed by atoms with Crippen LogP contribution in [0.1, 0.15) is 49.2 Å². The Labute approximate surface area is 90.5 Å². The third-order valence-corrected chi connectivity index (χ3v) is 2.44. The minimum Gasteiger partial charge on any atom is -0.349 e. The van der Waals surface area contributed by atoms with Gasteiger partial charge in [-0.25, -0.2) is 0 Å². The summed E-state index contributed by atoms with van der Waals surface area (Å²) in [6, 6.07) is 0.228. The van der Waals surface area contributed by atoms with Crippen LogP contribution in [0.15, 0.2) is 6.20 Å². The van der Waals surface area contributed by atoms with Gasteiger partial charge >= 0.3 is 0 Å². The molecule has 84 valence electrons. The lowest BCUT2D eigenvalue weighted by Crippen LogP contribution is -2.32. The Morgan fingerprint density at radius 1 is 1.67 bits per heavy atom. The molecule has 1 atom stereocenters. The maximum absolute atomic E-state index is 11.7. The fourth-order valence-corrected chi connectivity index (χ4v) is 1.46. The fraction of sp³-hybridized carbons (Fsp3) is 0.636. The summed E-state index contributed by atoms with van der Waals surface area (Å²) in [7, 11) is 0. The van der Waals surface area contributed by atoms with Crippen LogP contribution in [0.25, 0.3) is 0 Å². The SMILES string of the molecule is CCCCC(C)NC(=O)c1cn[nH]c1C. The molecule has 15 heavy (non-hydrogen) atoms. The molecule has 1 unspecified atom stereocenters. The second-order valence-corrected chi connectivity index (χ2v) is 3.93. The van der Waals surface area contributed by atoms with Gasteiger partial charge in [0.05, 0.1) is 11.8 Å². The van der Waals surface area contributed by atoms with Crippen molar-refractivity contribution in [1.29, 1.82) is 0 Å². The number of aryl methyl sites for hydroxylation is 1. The molecule has 1 amide bonds. The number of nitrogens with zero attached hydrogens (tertiary/aromatic N) is 1. The van der Waals surface area contributed by atoms with Crippen LogP contribution in [0.4, 0.5) is 0 Å². The summed E-state index contributed by atoms with van der Waals surface area (Å²) in [6.45, 7) is 6.02. The van der Waals surface area contributed by atoms with Crippen molar-refractivity contribution in [2.24, 2.45) is 0 Å². The summed E-state index contributed by atoms with van der Waals surface area (Å²) in [6.07, 6.45) is 4.90. The Balaban J connectivity index is 2.46. The fourth-order valence-electron chi connectivity index (χ4n) is 1.46. The zero-order valence-electron chi connectivity index (χ0n) is 9.63. The van der Waals surface area contributed by atoms with Crippen LogP contribution in [0.5, 0.6) is 0 Å². The molecule has 0 aliphatic rings. The van der Waals surface area contributed by atoms with Crippen LogP contribution < -0.4 is 5.32 Å². The van der Waals surface area contributed by atoms with E-state index in [4.69, 9.17) is 0 Å². The van der Waals surface area contributed by atoms with E-state index in [1.54, 1.807) is 6.20 Å². The van der Waals surface area contributed by atoms with E-state index in [0.29, 0.717) is 5.56 Å². The van der Waals surface area contributed by atoms with Gasteiger partial charge < -0.3 is 5.32 Å². The van der Waals surface area contributed by atoms with Crippen LogP contribution in [-0.2, 0) is 0 Å². The van der Waals surface area contributed by atoms with Crippen molar-refractivity contribution >= 4 is 5.91 Å². The molecule has 0 fully saturated rings. The zero-order valence-corrected chi connectivity index (χ0v) is 9.63. The highest BCUT2D eigenvalue weighted by Gasteiger charge is 2.12. The molecule has 1 aromatic heterocycles. The van der Waals surface area contributed by atoms with Crippen LogP contribution in [-0.4, -0.2) is 22.1 Å². The largest absolute Gasteiger partial charge is 0.349 e. The summed E-state index contributed by atoms with van der Waals surface area (Å²) < 4.78 is 0. The summed E-state index contributed by atoms with van der Waals surface area (Å²) in [5, 5.41) is 9.54. The number of aromatic nitrogens is 2. The van der Waals surface area contributed by atoms with Gasteiger partial charge in [-0.1, -0.05) is 19.8 Å². The Kier molecular flexibility index (Phi) is 4.34. The third-order valence-electron chi connectivity index (χ3n) is 2.44. The molecule has 1 heterocycles. The molecule has 0 saturated heterocycles. The second kappa shape index (κ2) is 5.53. The number of hydrogen-bond donors (Lipinski definition) is 2. The van der Waals surface area contributed by atoms with Gasteiger partial charge in [-0.05, 0) is 20.3 Å². The molecule has 1 aromatic rings. The average Bonchev–Trinajstić information content (AvgIpc) is 2.61. The monoisotopic (exact) mass is 209 g/mol. The van der Waals surface area contributed by atoms with Gasteiger partial charge in [0.2, 0.25) is 0 Å². The number of rotatable bonds is 5. The van der Waals surface area contributed by atoms with Crippen molar-refractivity contribution in [3.05, 3.63) is 17.5 Å². The minimum absolute atomic E-state index is 0.0372. The predicted molar refractivity (Wildman–Crippen MR) is 59.8 cm³/mol. The molecule has 0 aliphatic heterocycles. The second-order valence-electron chi connectivity index (χ2n) is 3.93. The number of hydrogen-bond acceptors (Lipinski definition) is 2. The Morgan fingerprint density at radius 2 is 2.40 bits per heavy atom. The first kappa shape index (κ1) is 11.8. The van der Waals surface area contributed by atoms with Gasteiger partial charge in [0.25, 0.3) is 5.91 Å². The van der Waals surface area contributed by atoms with Crippen molar-refractivity contribution in [3.63, 3.8) is 0 Å². The predicted octanol–water partition coefficient (Wildman–Crippen LogP) is 2.03. The molecule has 0 bridgehead atoms. The number of nitrogens with one attached hydrogen (secondary N) is 2. The number of carbonyl (C=O) groups excluding carboxylic acids is 1. The van der Waals surface area contributed by atoms with Gasteiger partial charge in [0.1, 0.15) is 0 Å². The van der Waals surface area contributed by atoms with Crippen LogP contribution in [0.3, 0.4) is 0 Å². The molecule has 4 nitrogen and oxygen atoms in total. The van der Waals surface area contributed by atoms with Crippen LogP contribution >= 0.6 is 0 Å². The third kappa shape index (κ3) is 3.38. The first-order valence-corrected chi connectivity index (χ1v) is 5.46. The van der Waals surface area contributed by atoms with Gasteiger partial charge in [-0.2, -0.15) is 5.10 Å². The maximum atomic E-state index is 11.7. The number of amides is 1. The van der Waals surface area contributed by atoms with Crippen LogP contribution in [0, 0.1) is 6.92 Å². The molecule has 0 aromatic carbocycles. The van der Waals surface area contributed by atoms with E-state index in [-0.39, 0.29) is 11.9 Å². The normalized spacial score (nSPS) is 12.5. The van der Waals surface area contributed by atoms with E-state index in [9.17, 15) is 4.79 Å². The molecule has 4 heteroatoms. The summed E-state index contributed by atoms with van der Waals surface area (Å²) in [5.41, 5.74) is 1.45. The maximum Gasteiger partial charge on any atom is 0.254 e. The number of unbranched alkanes of at least 4 members (excludes halogenated alkanes) is 1. The lowest BCUT2D eigenvalue weighted by molar-refractivity contribution is 0.0937. The molecule has 0 radical (unpaired) electrons. The molecule has 0 spiro atoms. The highest BCUT2D eigenvalue weighted by Crippen LogP contribution is 2.05. The van der Waals surface area contributed by atoms with Gasteiger partial charge in [0, 0.05) is 11.7 Å². The lowest BCUT2D eigenvalue weighted by atomic mass is 10.1. The highest BCUT2D eigenvalue weighted by atomic mass is 16.1. The quantitative estimate of drug-likeness (QED) is 0.779. The Morgan fingerprint density at radius 3 is 2.93 bits per heavy atom. The van der Waals surface area contributed by atoms with Crippen molar-refractivity contribution in [2.45, 2.75) is 46.1 Å². The van der Waals surface area contributed by atoms with E-state index >= 15 is 0 Å². The number of H-pyrrole nitrogens is 1.